The van der Waals surface area contributed by atoms with Crippen molar-refractivity contribution in [1.29, 1.82) is 0 Å². The van der Waals surface area contributed by atoms with E-state index in [1.165, 1.54) is 19.3 Å². The predicted molar refractivity (Wildman–Crippen MR) is 114 cm³/mol. The van der Waals surface area contributed by atoms with E-state index >= 15 is 0 Å². The highest BCUT2D eigenvalue weighted by molar-refractivity contribution is 8.03. The molecule has 1 aliphatic rings. The Bertz CT molecular complexity index is 223. The summed E-state index contributed by atoms with van der Waals surface area (Å²) in [6.45, 7) is 11.0. The van der Waals surface area contributed by atoms with E-state index in [4.69, 9.17) is 38.7 Å². The molecule has 11 radical (unpaired) electrons. The molecule has 1 fully saturated rings. The van der Waals surface area contributed by atoms with Crippen LogP contribution in [0.1, 0.15) is 53.9 Å². The van der Waals surface area contributed by atoms with Crippen LogP contribution in [0.2, 0.25) is 12.1 Å². The van der Waals surface area contributed by atoms with Crippen molar-refractivity contribution in [2.45, 2.75) is 66.0 Å². The molecule has 1 heterocycles. The second-order valence-electron chi connectivity index (χ2n) is 5.78. The summed E-state index contributed by atoms with van der Waals surface area (Å²) in [7, 11) is 30.5. The average Bonchev–Trinajstić information content (AvgIpc) is 2.84. The Morgan fingerprint density at radius 2 is 1.57 bits per heavy atom. The second kappa shape index (κ2) is 14.3. The smallest absolute Gasteiger partial charge is 0.0815 e. The van der Waals surface area contributed by atoms with Gasteiger partial charge in [-0.15, -0.1) is 0 Å². The Kier molecular flexibility index (Phi) is 16.3. The van der Waals surface area contributed by atoms with E-state index in [0.29, 0.717) is 12.4 Å². The summed E-state index contributed by atoms with van der Waals surface area (Å²) in [6.07, 6.45) is 3.93. The first kappa shape index (κ1) is 24.0. The molecular weight excluding hydrogens is 239 g/mol. The van der Waals surface area contributed by atoms with Crippen LogP contribution in [0, 0.1) is 0 Å². The Morgan fingerprint density at radius 3 is 1.81 bits per heavy atom. The van der Waals surface area contributed by atoms with Gasteiger partial charge in [0, 0.05) is 71.3 Å². The molecule has 21 heavy (non-hydrogen) atoms. The first-order chi connectivity index (χ1) is 9.90. The monoisotopic (exact) mass is 265 g/mol. The van der Waals surface area contributed by atoms with E-state index in [2.05, 4.69) is 20.8 Å². The second-order valence-corrected chi connectivity index (χ2v) is 5.78. The number of hydrogen-bond acceptors (Lipinski definition) is 0. The molecule has 1 saturated heterocycles. The minimum absolute atomic E-state index is 0.0856. The van der Waals surface area contributed by atoms with Gasteiger partial charge in [0.25, 0.3) is 0 Å². The van der Waals surface area contributed by atoms with Gasteiger partial charge in [0.1, 0.15) is 0 Å². The Balaban J connectivity index is 0. The van der Waals surface area contributed by atoms with E-state index < -0.39 is 12.8 Å². The van der Waals surface area contributed by atoms with Gasteiger partial charge in [-0.2, -0.15) is 0 Å². The molecule has 11 heteroatoms. The highest BCUT2D eigenvalue weighted by Gasteiger charge is 2.41. The maximum atomic E-state index is 5.88. The molecule has 0 unspecified atom stereocenters. The van der Waals surface area contributed by atoms with Crippen molar-refractivity contribution in [2.75, 3.05) is 0 Å². The third-order valence-corrected chi connectivity index (χ3v) is 3.98. The summed E-state index contributed by atoms with van der Waals surface area (Å²) in [5.41, 5.74) is 0. The fraction of sp³-hybridized carbons (Fsp3) is 1.00. The molecule has 97 valence electrons. The molecular formula is C10H24B11. The topological polar surface area (TPSA) is 0 Å². The zero-order valence-electron chi connectivity index (χ0n) is 14.8. The van der Waals surface area contributed by atoms with Crippen LogP contribution in [-0.4, -0.2) is 77.9 Å². The Morgan fingerprint density at radius 1 is 1.10 bits per heavy atom. The van der Waals surface area contributed by atoms with Gasteiger partial charge in [-0.3, -0.25) is 0 Å². The van der Waals surface area contributed by atoms with E-state index in [9.17, 15) is 0 Å². The van der Waals surface area contributed by atoms with Gasteiger partial charge >= 0.3 is 0 Å². The van der Waals surface area contributed by atoms with Crippen LogP contribution in [0.3, 0.4) is 0 Å². The molecule has 0 aromatic heterocycles. The highest BCUT2D eigenvalue weighted by Crippen LogP contribution is 2.31. The minimum Gasteiger partial charge on any atom is -0.0815 e. The van der Waals surface area contributed by atoms with Crippen LogP contribution in [0.5, 0.6) is 0 Å². The largest absolute Gasteiger partial charge is 0.0938 e. The van der Waals surface area contributed by atoms with E-state index in [1.54, 1.807) is 7.06 Å². The molecule has 1 rings (SSSR count). The van der Waals surface area contributed by atoms with Gasteiger partial charge in [-0.05, 0) is 0 Å². The van der Waals surface area contributed by atoms with Crippen LogP contribution in [0.25, 0.3) is 0 Å². The van der Waals surface area contributed by atoms with Crippen molar-refractivity contribution in [1.82, 2.24) is 0 Å². The van der Waals surface area contributed by atoms with Crippen molar-refractivity contribution < 1.29 is 0 Å². The lowest BCUT2D eigenvalue weighted by molar-refractivity contribution is 0.820. The van der Waals surface area contributed by atoms with E-state index in [1.807, 2.05) is 13.8 Å². The van der Waals surface area contributed by atoms with Gasteiger partial charge in [0.05, 0.1) is 6.60 Å². The summed E-state index contributed by atoms with van der Waals surface area (Å²) >= 11 is 0. The lowest BCUT2D eigenvalue weighted by atomic mass is 8.53. The van der Waals surface area contributed by atoms with Gasteiger partial charge in [0.2, 0.25) is 0 Å². The SMILES string of the molecule is CC.CCC.[B][B]B(B([B])[B])B(B([B])[B])B1CCC[C@H]1C. The molecule has 0 nitrogen and oxygen atoms in total. The Hall–Kier alpha value is 0.714. The standard InChI is InChI=1S/C5H10B11.C3H8.C2H6/c1-5-3-2-4-12(5)16(14(9)10)15(11-6)13(7)8;1-3-2;1-2/h5H,2-4H2,1H3;3H2,1-2H3;1-2H3/t5-;;/m1../s1. The summed E-state index contributed by atoms with van der Waals surface area (Å²) in [4.78, 5) is 0. The van der Waals surface area contributed by atoms with Gasteiger partial charge in [-0.25, -0.2) is 0 Å². The molecule has 0 spiro atoms. The van der Waals surface area contributed by atoms with Crippen LogP contribution in [-0.2, 0) is 0 Å². The van der Waals surface area contributed by atoms with Crippen LogP contribution in [0.15, 0.2) is 0 Å². The lowest BCUT2D eigenvalue weighted by Gasteiger charge is -2.33. The predicted octanol–water partition coefficient (Wildman–Crippen LogP) is 0.346. The number of rotatable bonds is 5. The van der Waals surface area contributed by atoms with Crippen LogP contribution in [0.4, 0.5) is 0 Å². The lowest BCUT2D eigenvalue weighted by Crippen LogP contribution is -2.68. The summed E-state index contributed by atoms with van der Waals surface area (Å²) in [5.74, 6) is 0.626. The van der Waals surface area contributed by atoms with Gasteiger partial charge < -0.3 is 0 Å². The average molecular weight is 263 g/mol. The van der Waals surface area contributed by atoms with E-state index in [0.717, 1.165) is 6.32 Å². The van der Waals surface area contributed by atoms with Crippen molar-refractivity contribution in [3.05, 3.63) is 0 Å². The molecule has 0 amide bonds. The first-order valence-electron chi connectivity index (χ1n) is 8.47. The fourth-order valence-electron chi connectivity index (χ4n) is 3.09. The van der Waals surface area contributed by atoms with Gasteiger partial charge in [0.15, 0.2) is 0 Å². The molecule has 0 aromatic carbocycles. The Labute approximate surface area is 144 Å². The van der Waals surface area contributed by atoms with Crippen molar-refractivity contribution in [2.24, 2.45) is 0 Å². The minimum atomic E-state index is -0.489. The molecule has 0 saturated carbocycles. The molecule has 1 atom stereocenters. The molecule has 0 bridgehead atoms. The molecule has 0 aromatic rings. The summed E-state index contributed by atoms with van der Waals surface area (Å²) < 4.78 is 0. The third-order valence-electron chi connectivity index (χ3n) is 3.98. The zero-order chi connectivity index (χ0) is 17.0. The summed E-state index contributed by atoms with van der Waals surface area (Å²) in [5, 5.41) is 0. The molecule has 1 aliphatic heterocycles. The molecule has 0 N–H and O–H groups in total. The molecule has 0 aliphatic carbocycles. The summed E-state index contributed by atoms with van der Waals surface area (Å²) in [6, 6.07) is 0. The normalized spacial score (nSPS) is 15.9. The zero-order valence-corrected chi connectivity index (χ0v) is 14.8. The maximum Gasteiger partial charge on any atom is 0.0938 e. The van der Waals surface area contributed by atoms with Crippen molar-refractivity contribution >= 4 is 77.9 Å². The quantitative estimate of drug-likeness (QED) is 0.628. The van der Waals surface area contributed by atoms with Crippen LogP contribution < -0.4 is 0 Å². The van der Waals surface area contributed by atoms with Crippen molar-refractivity contribution in [3.63, 3.8) is 0 Å². The van der Waals surface area contributed by atoms with Crippen LogP contribution >= 0.6 is 0 Å². The van der Waals surface area contributed by atoms with Crippen molar-refractivity contribution in [3.8, 4) is 0 Å². The number of hydrogen-bond donors (Lipinski definition) is 0. The van der Waals surface area contributed by atoms with E-state index in [-0.39, 0.29) is 12.8 Å². The fourth-order valence-corrected chi connectivity index (χ4v) is 3.09. The maximum absolute atomic E-state index is 5.88. The first-order valence-corrected chi connectivity index (χ1v) is 8.47. The third kappa shape index (κ3) is 8.80. The van der Waals surface area contributed by atoms with Gasteiger partial charge in [-0.1, -0.05) is 66.0 Å². The highest BCUT2D eigenvalue weighted by atomic mass is 14.0.